The Morgan fingerprint density at radius 1 is 0.970 bits per heavy atom. The molecule has 33 heavy (non-hydrogen) atoms. The van der Waals surface area contributed by atoms with E-state index in [1.807, 2.05) is 91.0 Å². The summed E-state index contributed by atoms with van der Waals surface area (Å²) >= 11 is 6.51. The molecule has 3 aromatic carbocycles. The number of amides is 1. The number of para-hydroxylation sites is 1. The first-order valence-electron chi connectivity index (χ1n) is 10.5. The van der Waals surface area contributed by atoms with Gasteiger partial charge in [-0.15, -0.1) is 0 Å². The fraction of sp³-hybridized carbons (Fsp3) is 0.0741. The van der Waals surface area contributed by atoms with Crippen LogP contribution in [0.15, 0.2) is 95.6 Å². The van der Waals surface area contributed by atoms with E-state index in [4.69, 9.17) is 16.3 Å². The molecule has 0 saturated heterocycles. The van der Waals surface area contributed by atoms with Crippen LogP contribution in [0.4, 0.5) is 5.69 Å². The number of carbonyl (C=O) groups is 1. The summed E-state index contributed by atoms with van der Waals surface area (Å²) in [4.78, 5) is 18.0. The van der Waals surface area contributed by atoms with Gasteiger partial charge in [0.1, 0.15) is 10.9 Å². The van der Waals surface area contributed by atoms with Gasteiger partial charge in [0.25, 0.3) is 5.91 Å². The smallest absolute Gasteiger partial charge is 0.275 e. The van der Waals surface area contributed by atoms with Crippen molar-refractivity contribution in [3.63, 3.8) is 0 Å². The molecule has 0 saturated carbocycles. The van der Waals surface area contributed by atoms with Crippen molar-refractivity contribution in [2.45, 2.75) is 6.42 Å². The lowest BCUT2D eigenvalue weighted by molar-refractivity contribution is -0.115. The normalized spacial score (nSPS) is 15.1. The summed E-state index contributed by atoms with van der Waals surface area (Å²) in [6.45, 7) is 0. The molecule has 5 nitrogen and oxygen atoms in total. The number of hydrazone groups is 1. The Balaban J connectivity index is 1.62. The number of hydrogen-bond donors (Lipinski definition) is 0. The quantitative estimate of drug-likeness (QED) is 0.276. The highest BCUT2D eigenvalue weighted by atomic mass is 35.5. The molecule has 5 rings (SSSR count). The Labute approximate surface area is 196 Å². The Morgan fingerprint density at radius 3 is 2.42 bits per heavy atom. The van der Waals surface area contributed by atoms with Crippen LogP contribution >= 0.6 is 11.6 Å². The van der Waals surface area contributed by atoms with E-state index in [9.17, 15) is 4.79 Å². The van der Waals surface area contributed by atoms with Crippen molar-refractivity contribution in [2.75, 3.05) is 12.1 Å². The Kier molecular flexibility index (Phi) is 5.63. The van der Waals surface area contributed by atoms with Crippen LogP contribution in [-0.4, -0.2) is 23.7 Å². The first-order chi connectivity index (χ1) is 16.1. The Bertz CT molecular complexity index is 1400. The fourth-order valence-corrected chi connectivity index (χ4v) is 4.00. The van der Waals surface area contributed by atoms with E-state index in [2.05, 4.69) is 10.1 Å². The van der Waals surface area contributed by atoms with Crippen molar-refractivity contribution in [2.24, 2.45) is 5.10 Å². The highest BCUT2D eigenvalue weighted by molar-refractivity contribution is 6.31. The van der Waals surface area contributed by atoms with Gasteiger partial charge in [-0.25, -0.2) is 4.98 Å². The molecule has 0 bridgehead atoms. The second kappa shape index (κ2) is 8.88. The summed E-state index contributed by atoms with van der Waals surface area (Å²) in [5, 5.41) is 7.35. The third kappa shape index (κ3) is 4.23. The summed E-state index contributed by atoms with van der Waals surface area (Å²) < 4.78 is 5.33. The maximum atomic E-state index is 13.4. The minimum absolute atomic E-state index is 0.192. The molecule has 6 heteroatoms. The number of ether oxygens (including phenoxy) is 1. The van der Waals surface area contributed by atoms with Crippen molar-refractivity contribution >= 4 is 45.9 Å². The summed E-state index contributed by atoms with van der Waals surface area (Å²) in [5.41, 5.74) is 4.48. The van der Waals surface area contributed by atoms with E-state index in [1.54, 1.807) is 7.11 Å². The van der Waals surface area contributed by atoms with Gasteiger partial charge in [0.2, 0.25) is 0 Å². The largest absolute Gasteiger partial charge is 0.497 e. The van der Waals surface area contributed by atoms with Crippen LogP contribution in [0.1, 0.15) is 17.5 Å². The van der Waals surface area contributed by atoms with Crippen molar-refractivity contribution in [3.05, 3.63) is 107 Å². The maximum absolute atomic E-state index is 13.4. The van der Waals surface area contributed by atoms with Crippen LogP contribution in [-0.2, 0) is 4.79 Å². The lowest BCUT2D eigenvalue weighted by Crippen LogP contribution is -2.33. The van der Waals surface area contributed by atoms with E-state index in [0.717, 1.165) is 27.9 Å². The molecule has 0 radical (unpaired) electrons. The average Bonchev–Trinajstić information content (AvgIpc) is 2.86. The number of pyridine rings is 1. The second-order valence-corrected chi connectivity index (χ2v) is 8.00. The molecule has 0 unspecified atom stereocenters. The molecule has 1 aliphatic rings. The van der Waals surface area contributed by atoms with E-state index in [-0.39, 0.29) is 5.91 Å². The second-order valence-electron chi connectivity index (χ2n) is 7.64. The lowest BCUT2D eigenvalue weighted by Gasteiger charge is -2.26. The monoisotopic (exact) mass is 453 g/mol. The molecule has 4 aromatic rings. The summed E-state index contributed by atoms with van der Waals surface area (Å²) in [6.07, 6.45) is 2.20. The zero-order valence-corrected chi connectivity index (χ0v) is 18.7. The van der Waals surface area contributed by atoms with Crippen LogP contribution in [0.25, 0.3) is 17.0 Å². The predicted molar refractivity (Wildman–Crippen MR) is 133 cm³/mol. The van der Waals surface area contributed by atoms with Crippen LogP contribution in [0.2, 0.25) is 5.15 Å². The van der Waals surface area contributed by atoms with Gasteiger partial charge < -0.3 is 4.74 Å². The van der Waals surface area contributed by atoms with E-state index in [1.165, 1.54) is 5.01 Å². The van der Waals surface area contributed by atoms with Gasteiger partial charge in [0.15, 0.2) is 0 Å². The highest BCUT2D eigenvalue weighted by Crippen LogP contribution is 2.30. The highest BCUT2D eigenvalue weighted by Gasteiger charge is 2.27. The van der Waals surface area contributed by atoms with Crippen molar-refractivity contribution in [1.29, 1.82) is 0 Å². The van der Waals surface area contributed by atoms with Crippen LogP contribution in [0.5, 0.6) is 5.75 Å². The number of hydrogen-bond acceptors (Lipinski definition) is 4. The molecule has 1 aromatic heterocycles. The fourth-order valence-electron chi connectivity index (χ4n) is 3.80. The lowest BCUT2D eigenvalue weighted by atomic mass is 9.98. The summed E-state index contributed by atoms with van der Waals surface area (Å²) in [5.74, 6) is 0.537. The number of methoxy groups -OCH3 is 1. The topological polar surface area (TPSA) is 54.8 Å². The molecule has 0 spiro atoms. The van der Waals surface area contributed by atoms with Crippen molar-refractivity contribution in [1.82, 2.24) is 4.98 Å². The molecular weight excluding hydrogens is 434 g/mol. The minimum atomic E-state index is -0.192. The Hall–Kier alpha value is -3.96. The molecule has 1 aliphatic heterocycles. The van der Waals surface area contributed by atoms with Gasteiger partial charge >= 0.3 is 0 Å². The third-order valence-corrected chi connectivity index (χ3v) is 5.79. The van der Waals surface area contributed by atoms with Gasteiger partial charge in [0.05, 0.1) is 24.0 Å². The number of carbonyl (C=O) groups excluding carboxylic acids is 1. The van der Waals surface area contributed by atoms with Crippen LogP contribution in [0, 0.1) is 0 Å². The predicted octanol–water partition coefficient (Wildman–Crippen LogP) is 6.12. The zero-order valence-electron chi connectivity index (χ0n) is 17.9. The van der Waals surface area contributed by atoms with Gasteiger partial charge in [-0.2, -0.15) is 10.1 Å². The standard InChI is InChI=1S/C27H20ClN3O2/c1-33-23-12-13-24-19(16-23)14-20(26(28)29-24)15-21-17-25(18-8-4-2-5-9-18)30-31(27(21)32)22-10-6-3-7-11-22/h2-16H,17H2,1H3/b21-15+. The summed E-state index contributed by atoms with van der Waals surface area (Å²) in [6, 6.07) is 26.8. The van der Waals surface area contributed by atoms with Crippen LogP contribution < -0.4 is 9.75 Å². The number of benzene rings is 3. The number of halogens is 1. The van der Waals surface area contributed by atoms with Gasteiger partial charge in [-0.05, 0) is 48.0 Å². The van der Waals surface area contributed by atoms with E-state index >= 15 is 0 Å². The number of anilines is 1. The van der Waals surface area contributed by atoms with Gasteiger partial charge in [0, 0.05) is 22.9 Å². The number of nitrogens with zero attached hydrogens (tertiary/aromatic N) is 3. The van der Waals surface area contributed by atoms with Gasteiger partial charge in [-0.1, -0.05) is 60.1 Å². The molecule has 2 heterocycles. The van der Waals surface area contributed by atoms with E-state index < -0.39 is 0 Å². The molecule has 0 N–H and O–H groups in total. The van der Waals surface area contributed by atoms with Gasteiger partial charge in [-0.3, -0.25) is 4.79 Å². The number of aromatic nitrogens is 1. The van der Waals surface area contributed by atoms with Crippen molar-refractivity contribution in [3.8, 4) is 5.75 Å². The third-order valence-electron chi connectivity index (χ3n) is 5.49. The number of fused-ring (bicyclic) bond motifs is 1. The maximum Gasteiger partial charge on any atom is 0.275 e. The first-order valence-corrected chi connectivity index (χ1v) is 10.9. The Morgan fingerprint density at radius 2 is 1.70 bits per heavy atom. The molecule has 0 fully saturated rings. The molecule has 0 atom stereocenters. The van der Waals surface area contributed by atoms with Crippen LogP contribution in [0.3, 0.4) is 0 Å². The van der Waals surface area contributed by atoms with E-state index in [0.29, 0.717) is 28.4 Å². The van der Waals surface area contributed by atoms with Crippen molar-refractivity contribution < 1.29 is 9.53 Å². The molecule has 1 amide bonds. The SMILES string of the molecule is COc1ccc2nc(Cl)c(/C=C3\CC(c4ccccc4)=NN(c4ccccc4)C3=O)cc2c1. The molecule has 0 aliphatic carbocycles. The average molecular weight is 454 g/mol. The minimum Gasteiger partial charge on any atom is -0.497 e. The summed E-state index contributed by atoms with van der Waals surface area (Å²) in [7, 11) is 1.62. The number of rotatable bonds is 4. The molecular formula is C27H20ClN3O2. The molecule has 162 valence electrons. The zero-order chi connectivity index (χ0) is 22.8. The first kappa shape index (κ1) is 20.9.